The number of carbonyl (C=O) groups is 1. The molecule has 7 heteroatoms. The third-order valence-corrected chi connectivity index (χ3v) is 2.83. The molecule has 0 saturated carbocycles. The van der Waals surface area contributed by atoms with E-state index in [9.17, 15) is 18.7 Å². The molecule has 2 aromatic rings. The second kappa shape index (κ2) is 5.66. The lowest BCUT2D eigenvalue weighted by Gasteiger charge is -2.10. The van der Waals surface area contributed by atoms with Crippen LogP contribution in [0.1, 0.15) is 15.9 Å². The molecule has 0 heterocycles. The fourth-order valence-corrected chi connectivity index (χ4v) is 1.74. The second-order valence-corrected chi connectivity index (χ2v) is 4.28. The van der Waals surface area contributed by atoms with E-state index in [0.29, 0.717) is 11.6 Å². The van der Waals surface area contributed by atoms with Gasteiger partial charge in [0.1, 0.15) is 23.1 Å². The predicted molar refractivity (Wildman–Crippen MR) is 70.4 cm³/mol. The summed E-state index contributed by atoms with van der Waals surface area (Å²) in [5.74, 6) is -3.96. The lowest BCUT2D eigenvalue weighted by molar-refractivity contribution is 0.0692. The molecule has 0 amide bonds. The van der Waals surface area contributed by atoms with Crippen LogP contribution >= 0.6 is 0 Å². The van der Waals surface area contributed by atoms with Crippen LogP contribution in [0.15, 0.2) is 30.3 Å². The van der Waals surface area contributed by atoms with Crippen LogP contribution in [0.3, 0.4) is 0 Å². The molecule has 0 atom stereocenters. The van der Waals surface area contributed by atoms with Gasteiger partial charge in [0.2, 0.25) is 0 Å². The highest BCUT2D eigenvalue weighted by Crippen LogP contribution is 2.25. The number of carboxylic acids is 1. The van der Waals surface area contributed by atoms with E-state index in [4.69, 9.17) is 10.2 Å². The van der Waals surface area contributed by atoms with Crippen molar-refractivity contribution < 1.29 is 28.9 Å². The summed E-state index contributed by atoms with van der Waals surface area (Å²) in [5, 5.41) is 30.1. The van der Waals surface area contributed by atoms with Gasteiger partial charge in [-0.3, -0.25) is 0 Å². The van der Waals surface area contributed by atoms with Gasteiger partial charge in [-0.05, 0) is 18.2 Å². The Bertz CT molecular complexity index is 704. The molecule has 110 valence electrons. The Balaban J connectivity index is 2.23. The molecule has 21 heavy (non-hydrogen) atoms. The summed E-state index contributed by atoms with van der Waals surface area (Å²) in [6, 6.07) is 5.17. The van der Waals surface area contributed by atoms with Gasteiger partial charge < -0.3 is 20.6 Å². The van der Waals surface area contributed by atoms with Gasteiger partial charge in [0.05, 0.1) is 11.3 Å². The molecular formula is C14H11F2NO4. The molecule has 2 rings (SSSR count). The third-order valence-electron chi connectivity index (χ3n) is 2.83. The second-order valence-electron chi connectivity index (χ2n) is 4.28. The van der Waals surface area contributed by atoms with Gasteiger partial charge in [-0.25, -0.2) is 13.6 Å². The van der Waals surface area contributed by atoms with Gasteiger partial charge in [0.25, 0.3) is 0 Å². The number of benzene rings is 2. The molecular weight excluding hydrogens is 284 g/mol. The van der Waals surface area contributed by atoms with Gasteiger partial charge in [-0.2, -0.15) is 0 Å². The maximum atomic E-state index is 13.6. The first-order valence-electron chi connectivity index (χ1n) is 5.85. The summed E-state index contributed by atoms with van der Waals surface area (Å²) in [6.07, 6.45) is 0. The van der Waals surface area contributed by atoms with Crippen molar-refractivity contribution >= 4 is 11.7 Å². The quantitative estimate of drug-likeness (QED) is 0.696. The van der Waals surface area contributed by atoms with Crippen molar-refractivity contribution in [3.8, 4) is 11.5 Å². The number of phenolic OH excluding ortho intramolecular Hbond substituents is 2. The van der Waals surface area contributed by atoms with Gasteiger partial charge in [0, 0.05) is 24.2 Å². The minimum atomic E-state index is -1.51. The Morgan fingerprint density at radius 1 is 1.10 bits per heavy atom. The van der Waals surface area contributed by atoms with Crippen LogP contribution in [0.2, 0.25) is 0 Å². The van der Waals surface area contributed by atoms with Gasteiger partial charge in [-0.1, -0.05) is 0 Å². The van der Waals surface area contributed by atoms with Crippen molar-refractivity contribution in [2.75, 3.05) is 5.32 Å². The largest absolute Gasteiger partial charge is 0.508 e. The highest BCUT2D eigenvalue weighted by atomic mass is 19.1. The molecule has 0 aliphatic heterocycles. The topological polar surface area (TPSA) is 89.8 Å². The zero-order valence-electron chi connectivity index (χ0n) is 10.6. The fourth-order valence-electron chi connectivity index (χ4n) is 1.74. The first kappa shape index (κ1) is 14.6. The van der Waals surface area contributed by atoms with Crippen molar-refractivity contribution in [2.45, 2.75) is 6.54 Å². The number of aromatic hydroxyl groups is 2. The van der Waals surface area contributed by atoms with Crippen molar-refractivity contribution in [3.05, 3.63) is 53.1 Å². The van der Waals surface area contributed by atoms with E-state index in [0.717, 1.165) is 12.1 Å². The zero-order valence-corrected chi connectivity index (χ0v) is 10.6. The molecule has 5 nitrogen and oxygen atoms in total. The Hall–Kier alpha value is -2.83. The van der Waals surface area contributed by atoms with E-state index in [-0.39, 0.29) is 23.7 Å². The lowest BCUT2D eigenvalue weighted by Crippen LogP contribution is -2.07. The predicted octanol–water partition coefficient (Wildman–Crippen LogP) is 2.69. The van der Waals surface area contributed by atoms with Crippen LogP contribution in [-0.2, 0) is 6.54 Å². The van der Waals surface area contributed by atoms with Crippen LogP contribution < -0.4 is 5.32 Å². The molecule has 0 aliphatic rings. The standard InChI is InChI=1S/C14H11F2NO4/c15-10-5-11(16)12(4-9(10)14(20)21)17-6-7-1-2-8(18)3-13(7)19/h1-5,17-19H,6H2,(H,20,21). The van der Waals surface area contributed by atoms with E-state index in [2.05, 4.69) is 5.32 Å². The number of phenols is 2. The maximum absolute atomic E-state index is 13.6. The molecule has 0 fully saturated rings. The first-order chi connectivity index (χ1) is 9.88. The minimum absolute atomic E-state index is 0.0340. The highest BCUT2D eigenvalue weighted by Gasteiger charge is 2.15. The van der Waals surface area contributed by atoms with Crippen molar-refractivity contribution in [3.63, 3.8) is 0 Å². The molecule has 0 saturated heterocycles. The van der Waals surface area contributed by atoms with Crippen LogP contribution in [-0.4, -0.2) is 21.3 Å². The Morgan fingerprint density at radius 2 is 1.81 bits per heavy atom. The van der Waals surface area contributed by atoms with Gasteiger partial charge >= 0.3 is 5.97 Å². The Morgan fingerprint density at radius 3 is 2.43 bits per heavy atom. The van der Waals surface area contributed by atoms with Gasteiger partial charge in [-0.15, -0.1) is 0 Å². The highest BCUT2D eigenvalue weighted by molar-refractivity contribution is 5.89. The summed E-state index contributed by atoms with van der Waals surface area (Å²) in [7, 11) is 0. The van der Waals surface area contributed by atoms with Crippen molar-refractivity contribution in [2.24, 2.45) is 0 Å². The monoisotopic (exact) mass is 295 g/mol. The number of hydrogen-bond donors (Lipinski definition) is 4. The maximum Gasteiger partial charge on any atom is 0.338 e. The molecule has 2 aromatic carbocycles. The average Bonchev–Trinajstić information content (AvgIpc) is 2.39. The number of nitrogens with one attached hydrogen (secondary N) is 1. The summed E-state index contributed by atoms with van der Waals surface area (Å²) < 4.78 is 26.8. The normalized spacial score (nSPS) is 10.4. The molecule has 0 aromatic heterocycles. The molecule has 0 bridgehead atoms. The Labute approximate surface area is 118 Å². The molecule has 0 spiro atoms. The van der Waals surface area contributed by atoms with Crippen LogP contribution in [0, 0.1) is 11.6 Å². The minimum Gasteiger partial charge on any atom is -0.508 e. The van der Waals surface area contributed by atoms with Crippen molar-refractivity contribution in [1.29, 1.82) is 0 Å². The van der Waals surface area contributed by atoms with Gasteiger partial charge in [0.15, 0.2) is 0 Å². The van der Waals surface area contributed by atoms with Crippen molar-refractivity contribution in [1.82, 2.24) is 0 Å². The average molecular weight is 295 g/mol. The molecule has 0 unspecified atom stereocenters. The number of halogens is 2. The van der Waals surface area contributed by atoms with E-state index >= 15 is 0 Å². The summed E-state index contributed by atoms with van der Waals surface area (Å²) in [6.45, 7) is -0.0340. The smallest absolute Gasteiger partial charge is 0.338 e. The number of carboxylic acid groups (broad SMARTS) is 1. The Kier molecular flexibility index (Phi) is 3.93. The number of rotatable bonds is 4. The van der Waals surface area contributed by atoms with E-state index in [1.165, 1.54) is 12.1 Å². The summed E-state index contributed by atoms with van der Waals surface area (Å²) in [5.41, 5.74) is -0.511. The van der Waals surface area contributed by atoms with E-state index < -0.39 is 23.2 Å². The van der Waals surface area contributed by atoms with E-state index in [1.807, 2.05) is 0 Å². The first-order valence-corrected chi connectivity index (χ1v) is 5.85. The van der Waals surface area contributed by atoms with Crippen LogP contribution in [0.4, 0.5) is 14.5 Å². The SMILES string of the molecule is O=C(O)c1cc(NCc2ccc(O)cc2O)c(F)cc1F. The van der Waals surface area contributed by atoms with E-state index in [1.54, 1.807) is 0 Å². The molecule has 0 aliphatic carbocycles. The molecule has 4 N–H and O–H groups in total. The van der Waals surface area contributed by atoms with Crippen LogP contribution in [0.25, 0.3) is 0 Å². The molecule has 0 radical (unpaired) electrons. The number of anilines is 1. The fraction of sp³-hybridized carbons (Fsp3) is 0.0714. The zero-order chi connectivity index (χ0) is 15.6. The summed E-state index contributed by atoms with van der Waals surface area (Å²) >= 11 is 0. The third kappa shape index (κ3) is 3.19. The lowest BCUT2D eigenvalue weighted by atomic mass is 10.1. The number of aromatic carboxylic acids is 1. The van der Waals surface area contributed by atoms with Crippen LogP contribution in [0.5, 0.6) is 11.5 Å². The summed E-state index contributed by atoms with van der Waals surface area (Å²) in [4.78, 5) is 10.8. The number of hydrogen-bond acceptors (Lipinski definition) is 4.